The Morgan fingerprint density at radius 3 is 2.22 bits per heavy atom. The van der Waals surface area contributed by atoms with Crippen LogP contribution in [0.15, 0.2) is 91.1 Å². The van der Waals surface area contributed by atoms with Crippen LogP contribution < -0.4 is 41.4 Å². The zero-order valence-electron chi connectivity index (χ0n) is 37.3. The van der Waals surface area contributed by atoms with Crippen molar-refractivity contribution in [2.75, 3.05) is 63.9 Å². The fourth-order valence-electron chi connectivity index (χ4n) is 7.23. The van der Waals surface area contributed by atoms with Crippen molar-refractivity contribution in [3.63, 3.8) is 0 Å². The number of para-hydroxylation sites is 2. The molecule has 4 amide bonds. The molecule has 20 nitrogen and oxygen atoms in total. The molecule has 0 spiro atoms. The maximum atomic E-state index is 14.8. The lowest BCUT2D eigenvalue weighted by molar-refractivity contribution is -0.121. The summed E-state index contributed by atoms with van der Waals surface area (Å²) in [6.45, 7) is 3.44. The molecule has 3 heterocycles. The Morgan fingerprint density at radius 1 is 0.866 bits per heavy atom. The first-order valence-electron chi connectivity index (χ1n) is 22.4. The monoisotopic (exact) mass is 964 g/mol. The molecule has 2 aliphatic rings. The molecule has 2 saturated heterocycles. The lowest BCUT2D eigenvalue weighted by Gasteiger charge is -2.28. The number of aromatic nitrogens is 3. The van der Waals surface area contributed by atoms with Gasteiger partial charge >= 0.3 is 19.7 Å². The Bertz CT molecular complexity index is 2150. The van der Waals surface area contributed by atoms with Crippen LogP contribution in [0.5, 0.6) is 11.5 Å². The number of hydrogen-bond acceptors (Lipinski definition) is 14. The van der Waals surface area contributed by atoms with Gasteiger partial charge in [-0.05, 0) is 67.6 Å². The van der Waals surface area contributed by atoms with Crippen molar-refractivity contribution in [2.45, 2.75) is 74.6 Å². The number of fused-ring (bicyclic) bond motifs is 1. The maximum Gasteiger partial charge on any atom is 0.453 e. The summed E-state index contributed by atoms with van der Waals surface area (Å²) in [5.41, 5.74) is 7.48. The molecule has 2 fully saturated rings. The van der Waals surface area contributed by atoms with Crippen LogP contribution in [0, 0.1) is 5.41 Å². The predicted molar refractivity (Wildman–Crippen MR) is 253 cm³/mol. The summed E-state index contributed by atoms with van der Waals surface area (Å²) in [5, 5.41) is 30.6. The first-order valence-corrected chi connectivity index (χ1v) is 25.1. The van der Waals surface area contributed by atoms with Crippen LogP contribution in [0.2, 0.25) is 0 Å². The molecule has 8 N–H and O–H groups in total. The molecular formula is C45H61N10O10PS. The minimum atomic E-state index is -4.19. The third kappa shape index (κ3) is 17.7. The minimum absolute atomic E-state index is 0.0166. The number of rotatable bonds is 30. The normalized spacial score (nSPS) is 16.8. The van der Waals surface area contributed by atoms with E-state index in [1.165, 1.54) is 0 Å². The van der Waals surface area contributed by atoms with E-state index in [-0.39, 0.29) is 43.0 Å². The number of unbranched alkanes of at least 4 members (excludes halogenated alkanes) is 1. The number of carbonyl (C=O) groups excluding carboxylic acids is 3. The van der Waals surface area contributed by atoms with Crippen LogP contribution >= 0.6 is 19.4 Å². The van der Waals surface area contributed by atoms with Gasteiger partial charge in [0.25, 0.3) is 0 Å². The van der Waals surface area contributed by atoms with Crippen molar-refractivity contribution in [2.24, 2.45) is 5.73 Å². The summed E-state index contributed by atoms with van der Waals surface area (Å²) < 4.78 is 50.9. The third-order valence-corrected chi connectivity index (χ3v) is 14.0. The van der Waals surface area contributed by atoms with Gasteiger partial charge in [0.15, 0.2) is 11.7 Å². The Kier molecular flexibility index (Phi) is 20.4. The fraction of sp³-hybridized carbons (Fsp3) is 0.467. The second kappa shape index (κ2) is 27.1. The number of nitrogens with two attached hydrogens (primary N) is 1. The van der Waals surface area contributed by atoms with Crippen LogP contribution in [0.1, 0.15) is 43.4 Å². The van der Waals surface area contributed by atoms with Gasteiger partial charge < -0.3 is 60.3 Å². The third-order valence-electron chi connectivity index (χ3n) is 10.5. The van der Waals surface area contributed by atoms with Gasteiger partial charge in [-0.25, -0.2) is 18.8 Å². The SMILES string of the molecule is N=C(N)Nc1ccc(CC(NC(=O)OCCCc2cn(CCOCCOCCOCCNC(=O)CCCC[C@@H]3SC[C@@H]4NC(=O)N[C@@H]43)nn2)P(=O)(Oc2ccccc2)Oc2ccccc2)cc1. The lowest BCUT2D eigenvalue weighted by Crippen LogP contribution is -2.39. The van der Waals surface area contributed by atoms with Crippen LogP contribution in [-0.4, -0.2) is 121 Å². The number of benzene rings is 3. The van der Waals surface area contributed by atoms with Crippen molar-refractivity contribution < 1.29 is 46.9 Å². The highest BCUT2D eigenvalue weighted by Gasteiger charge is 2.43. The van der Waals surface area contributed by atoms with Crippen LogP contribution in [0.3, 0.4) is 0 Å². The number of thioether (sulfide) groups is 1. The summed E-state index contributed by atoms with van der Waals surface area (Å²) in [6.07, 6.45) is 5.24. The maximum absolute atomic E-state index is 14.8. The van der Waals surface area contributed by atoms with Crippen molar-refractivity contribution in [3.05, 3.63) is 102 Å². The molecular weight excluding hydrogens is 904 g/mol. The highest BCUT2D eigenvalue weighted by molar-refractivity contribution is 8.00. The molecule has 1 unspecified atom stereocenters. The smallest absolute Gasteiger partial charge is 0.450 e. The molecule has 4 atom stereocenters. The van der Waals surface area contributed by atoms with E-state index >= 15 is 0 Å². The van der Waals surface area contributed by atoms with Gasteiger partial charge in [-0.1, -0.05) is 60.2 Å². The molecule has 3 aromatic carbocycles. The van der Waals surface area contributed by atoms with Gasteiger partial charge in [-0.3, -0.25) is 10.2 Å². The van der Waals surface area contributed by atoms with Crippen molar-refractivity contribution >= 4 is 49.0 Å². The Morgan fingerprint density at radius 2 is 1.54 bits per heavy atom. The van der Waals surface area contributed by atoms with E-state index in [0.29, 0.717) is 100.0 Å². The summed E-state index contributed by atoms with van der Waals surface area (Å²) in [6, 6.07) is 24.5. The number of guanidine groups is 1. The molecule has 1 aromatic heterocycles. The van der Waals surface area contributed by atoms with Crippen molar-refractivity contribution in [3.8, 4) is 11.5 Å². The van der Waals surface area contributed by atoms with Gasteiger partial charge in [0.1, 0.15) is 11.5 Å². The number of nitrogens with zero attached hydrogens (tertiary/aromatic N) is 3. The molecule has 2 aliphatic heterocycles. The summed E-state index contributed by atoms with van der Waals surface area (Å²) in [7, 11) is -4.19. The van der Waals surface area contributed by atoms with E-state index in [2.05, 4.69) is 36.9 Å². The van der Waals surface area contributed by atoms with E-state index in [0.717, 1.165) is 30.7 Å². The number of urea groups is 1. The highest BCUT2D eigenvalue weighted by atomic mass is 32.2. The molecule has 6 rings (SSSR count). The number of anilines is 1. The summed E-state index contributed by atoms with van der Waals surface area (Å²) in [5.74, 6) is 0.156. The van der Waals surface area contributed by atoms with E-state index < -0.39 is 19.5 Å². The number of hydrogen-bond donors (Lipinski definition) is 7. The average molecular weight is 965 g/mol. The molecule has 67 heavy (non-hydrogen) atoms. The molecule has 0 saturated carbocycles. The highest BCUT2D eigenvalue weighted by Crippen LogP contribution is 2.53. The number of nitrogens with one attached hydrogen (secondary N) is 6. The standard InChI is InChI=1S/C45H61N10O10PS/c46-43(47)49-34-19-17-33(18-20-34)30-41(66(59,64-36-11-3-1-4-12-36)65-37-13-5-2-6-14-37)51-45(58)63-23-9-10-35-31-55(54-53-35)22-25-61-27-29-62-28-26-60-24-21-48-40(56)16-8-7-15-39-42-38(32-67-39)50-44(57)52-42/h1-6,11-14,17-20,31,38-39,41-42H,7-10,15-16,21-30,32H2,(H,48,56)(H,51,58)(H4,46,47,49)(H2,50,52,57)/t38-,39-,41?,42-/m0/s1. The summed E-state index contributed by atoms with van der Waals surface area (Å²) in [4.78, 5) is 37.0. The van der Waals surface area contributed by atoms with E-state index in [1.807, 2.05) is 18.0 Å². The van der Waals surface area contributed by atoms with Gasteiger partial charge in [0.2, 0.25) is 5.91 Å². The van der Waals surface area contributed by atoms with E-state index in [9.17, 15) is 18.9 Å². The first kappa shape index (κ1) is 50.6. The van der Waals surface area contributed by atoms with Crippen molar-refractivity contribution in [1.82, 2.24) is 36.3 Å². The molecule has 362 valence electrons. The lowest BCUT2D eigenvalue weighted by atomic mass is 10.0. The Labute approximate surface area is 394 Å². The molecule has 0 aliphatic carbocycles. The molecule has 4 aromatic rings. The topological polar surface area (TPSA) is 264 Å². The first-order chi connectivity index (χ1) is 32.6. The van der Waals surface area contributed by atoms with Crippen LogP contribution in [-0.2, 0) is 47.7 Å². The van der Waals surface area contributed by atoms with Crippen LogP contribution in [0.25, 0.3) is 0 Å². The van der Waals surface area contributed by atoms with Gasteiger partial charge in [-0.15, -0.1) is 5.10 Å². The number of alkyl carbamates (subject to hydrolysis) is 1. The van der Waals surface area contributed by atoms with Crippen molar-refractivity contribution in [1.29, 1.82) is 5.41 Å². The number of aryl methyl sites for hydroxylation is 1. The second-order valence-corrected chi connectivity index (χ2v) is 19.1. The number of amides is 4. The fourth-order valence-corrected chi connectivity index (χ4v) is 10.6. The van der Waals surface area contributed by atoms with E-state index in [4.69, 9.17) is 39.1 Å². The quantitative estimate of drug-likeness (QED) is 0.0119. The van der Waals surface area contributed by atoms with Gasteiger partial charge in [-0.2, -0.15) is 11.8 Å². The number of carbonyl (C=O) groups is 3. The Balaban J connectivity index is 0.822. The number of ether oxygens (including phenoxy) is 4. The molecule has 0 bridgehead atoms. The zero-order chi connectivity index (χ0) is 47.1. The molecule has 22 heteroatoms. The predicted octanol–water partition coefficient (Wildman–Crippen LogP) is 5.05. The Hall–Kier alpha value is -5.86. The van der Waals surface area contributed by atoms with E-state index in [1.54, 1.807) is 89.6 Å². The minimum Gasteiger partial charge on any atom is -0.450 e. The zero-order valence-corrected chi connectivity index (χ0v) is 39.1. The van der Waals surface area contributed by atoms with Gasteiger partial charge in [0.05, 0.1) is 70.6 Å². The second-order valence-electron chi connectivity index (χ2n) is 15.7. The summed E-state index contributed by atoms with van der Waals surface area (Å²) >= 11 is 1.89. The average Bonchev–Trinajstić information content (AvgIpc) is 4.04. The largest absolute Gasteiger partial charge is 0.453 e. The van der Waals surface area contributed by atoms with Gasteiger partial charge in [0, 0.05) is 42.3 Å². The molecule has 0 radical (unpaired) electrons. The van der Waals surface area contributed by atoms with Crippen LogP contribution in [0.4, 0.5) is 15.3 Å².